The summed E-state index contributed by atoms with van der Waals surface area (Å²) in [5.74, 6) is 1.12. The number of benzene rings is 3. The van der Waals surface area contributed by atoms with E-state index >= 15 is 0 Å². The van der Waals surface area contributed by atoms with Crippen LogP contribution >= 0.6 is 0 Å². The third kappa shape index (κ3) is 6.78. The van der Waals surface area contributed by atoms with Gasteiger partial charge in [0.2, 0.25) is 0 Å². The van der Waals surface area contributed by atoms with Crippen LogP contribution in [0.1, 0.15) is 49.3 Å². The van der Waals surface area contributed by atoms with Crippen LogP contribution in [0, 0.1) is 6.92 Å². The Morgan fingerprint density at radius 3 is 2.34 bits per heavy atom. The van der Waals surface area contributed by atoms with Crippen LogP contribution < -0.4 is 16.1 Å². The summed E-state index contributed by atoms with van der Waals surface area (Å²) < 4.78 is 12.2. The molecule has 0 bridgehead atoms. The molecule has 1 N–H and O–H groups in total. The van der Waals surface area contributed by atoms with Gasteiger partial charge in [-0.2, -0.15) is 0 Å². The molecule has 5 rings (SSSR count). The molecular formula is C32H32N4NaO4. The molecule has 2 aromatic heterocycles. The Balaban J connectivity index is 0.00000387. The van der Waals surface area contributed by atoms with Crippen LogP contribution in [0.4, 0.5) is 0 Å². The second-order valence-electron chi connectivity index (χ2n) is 9.68. The minimum absolute atomic E-state index is 0. The Morgan fingerprint density at radius 1 is 0.927 bits per heavy atom. The largest absolute Gasteiger partial charge is 0.494 e. The van der Waals surface area contributed by atoms with Gasteiger partial charge in [0.05, 0.1) is 18.0 Å². The van der Waals surface area contributed by atoms with Gasteiger partial charge >= 0.3 is 5.76 Å². The van der Waals surface area contributed by atoms with Crippen molar-refractivity contribution in [2.24, 2.45) is 0 Å². The standard InChI is InChI=1S/C32H32N4O4.Na/c1-4-9-29-28(31(37)36(21(3)33-29)24-13-15-25(16-14-24)39-18-5-2)20-22-12-17-26(23-10-7-6-8-11-23)27(19-22)30-34-32(38)40-35-30;/h6-8,10-17,19H,4-5,9,18,20H2,1-3H3,(H,34,35,38);. The predicted octanol–water partition coefficient (Wildman–Crippen LogP) is 5.50. The van der Waals surface area contributed by atoms with Crippen molar-refractivity contribution in [3.05, 3.63) is 116 Å². The van der Waals surface area contributed by atoms with Crippen LogP contribution in [-0.2, 0) is 12.8 Å². The fourth-order valence-corrected chi connectivity index (χ4v) is 4.87. The number of aryl methyl sites for hydroxylation is 2. The Hall–Kier alpha value is -3.72. The Bertz CT molecular complexity index is 1720. The summed E-state index contributed by atoms with van der Waals surface area (Å²) in [7, 11) is 0. The fraction of sp³-hybridized carbons (Fsp3) is 0.250. The van der Waals surface area contributed by atoms with Gasteiger partial charge in [-0.25, -0.2) is 9.78 Å². The molecule has 0 unspecified atom stereocenters. The number of hydrogen-bond donors (Lipinski definition) is 1. The topological polar surface area (TPSA) is 103 Å². The summed E-state index contributed by atoms with van der Waals surface area (Å²) in [6.07, 6.45) is 2.86. The van der Waals surface area contributed by atoms with Gasteiger partial charge in [-0.3, -0.25) is 18.9 Å². The number of aromatic amines is 1. The molecule has 0 aliphatic heterocycles. The van der Waals surface area contributed by atoms with E-state index in [-0.39, 0.29) is 35.1 Å². The molecule has 1 radical (unpaired) electrons. The van der Waals surface area contributed by atoms with Gasteiger partial charge in [-0.05, 0) is 66.8 Å². The number of aromatic nitrogens is 4. The van der Waals surface area contributed by atoms with Crippen molar-refractivity contribution in [1.82, 2.24) is 19.7 Å². The van der Waals surface area contributed by atoms with E-state index in [0.29, 0.717) is 36.7 Å². The second kappa shape index (κ2) is 13.8. The van der Waals surface area contributed by atoms with E-state index in [1.54, 1.807) is 4.57 Å². The van der Waals surface area contributed by atoms with Crippen molar-refractivity contribution in [1.29, 1.82) is 0 Å². The molecule has 0 aliphatic carbocycles. The number of ether oxygens (including phenoxy) is 1. The van der Waals surface area contributed by atoms with Crippen molar-refractivity contribution in [2.75, 3.05) is 6.61 Å². The number of rotatable bonds is 10. The van der Waals surface area contributed by atoms with Crippen molar-refractivity contribution in [3.63, 3.8) is 0 Å². The third-order valence-electron chi connectivity index (χ3n) is 6.73. The van der Waals surface area contributed by atoms with Gasteiger partial charge < -0.3 is 4.74 Å². The molecule has 0 saturated heterocycles. The zero-order chi connectivity index (χ0) is 28.1. The van der Waals surface area contributed by atoms with E-state index in [1.807, 2.05) is 79.7 Å². The normalized spacial score (nSPS) is 10.8. The van der Waals surface area contributed by atoms with Crippen molar-refractivity contribution in [3.8, 4) is 34.0 Å². The molecule has 0 amide bonds. The molecule has 5 aromatic rings. The molecule has 0 spiro atoms. The molecule has 3 aromatic carbocycles. The van der Waals surface area contributed by atoms with Gasteiger partial charge in [0.15, 0.2) is 5.82 Å². The molecule has 9 heteroatoms. The zero-order valence-electron chi connectivity index (χ0n) is 23.9. The minimum atomic E-state index is -0.624. The molecule has 0 atom stereocenters. The maximum atomic E-state index is 14.0. The summed E-state index contributed by atoms with van der Waals surface area (Å²) in [5.41, 5.74) is 5.57. The van der Waals surface area contributed by atoms with E-state index in [0.717, 1.165) is 52.2 Å². The maximum Gasteiger partial charge on any atom is 0.439 e. The van der Waals surface area contributed by atoms with Crippen LogP contribution in [0.3, 0.4) is 0 Å². The first-order chi connectivity index (χ1) is 19.5. The van der Waals surface area contributed by atoms with Crippen molar-refractivity contribution in [2.45, 2.75) is 46.5 Å². The van der Waals surface area contributed by atoms with Crippen LogP contribution in [0.25, 0.3) is 28.2 Å². The van der Waals surface area contributed by atoms with Crippen LogP contribution in [0.5, 0.6) is 5.75 Å². The number of hydrogen-bond acceptors (Lipinski definition) is 6. The SMILES string of the molecule is CCCOc1ccc(-n2c(C)nc(CCC)c(Cc3ccc(-c4ccccc4)c(-c4noc(=O)[nH]4)c3)c2=O)cc1.[Na]. The fourth-order valence-electron chi connectivity index (χ4n) is 4.87. The van der Waals surface area contributed by atoms with E-state index in [9.17, 15) is 9.59 Å². The summed E-state index contributed by atoms with van der Waals surface area (Å²) in [5, 5.41) is 3.94. The summed E-state index contributed by atoms with van der Waals surface area (Å²) >= 11 is 0. The average Bonchev–Trinajstić information content (AvgIpc) is 3.41. The monoisotopic (exact) mass is 559 g/mol. The number of H-pyrrole nitrogens is 1. The first kappa shape index (κ1) is 30.2. The zero-order valence-corrected chi connectivity index (χ0v) is 25.9. The van der Waals surface area contributed by atoms with E-state index in [2.05, 4.69) is 24.0 Å². The van der Waals surface area contributed by atoms with E-state index in [4.69, 9.17) is 14.2 Å². The molecule has 0 aliphatic rings. The van der Waals surface area contributed by atoms with Crippen molar-refractivity contribution < 1.29 is 9.26 Å². The molecule has 0 fully saturated rings. The van der Waals surface area contributed by atoms with Gasteiger partial charge in [0, 0.05) is 47.1 Å². The van der Waals surface area contributed by atoms with Crippen LogP contribution in [-0.4, -0.2) is 55.9 Å². The minimum Gasteiger partial charge on any atom is -0.494 e. The van der Waals surface area contributed by atoms with Crippen LogP contribution in [0.15, 0.2) is 86.9 Å². The Morgan fingerprint density at radius 2 is 1.68 bits per heavy atom. The molecule has 41 heavy (non-hydrogen) atoms. The van der Waals surface area contributed by atoms with Gasteiger partial charge in [-0.1, -0.05) is 67.9 Å². The first-order valence-electron chi connectivity index (χ1n) is 13.6. The van der Waals surface area contributed by atoms with Gasteiger partial charge in [-0.15, -0.1) is 0 Å². The summed E-state index contributed by atoms with van der Waals surface area (Å²) in [4.78, 5) is 33.3. The van der Waals surface area contributed by atoms with Gasteiger partial charge in [0.1, 0.15) is 11.6 Å². The third-order valence-corrected chi connectivity index (χ3v) is 6.73. The first-order valence-corrected chi connectivity index (χ1v) is 13.6. The molecular weight excluding hydrogens is 527 g/mol. The summed E-state index contributed by atoms with van der Waals surface area (Å²) in [6, 6.07) is 23.3. The van der Waals surface area contributed by atoms with Crippen LogP contribution in [0.2, 0.25) is 0 Å². The molecule has 8 nitrogen and oxygen atoms in total. The van der Waals surface area contributed by atoms with E-state index < -0.39 is 5.76 Å². The molecule has 2 heterocycles. The van der Waals surface area contributed by atoms with E-state index in [1.165, 1.54) is 0 Å². The van der Waals surface area contributed by atoms with Crippen molar-refractivity contribution >= 4 is 29.6 Å². The smallest absolute Gasteiger partial charge is 0.439 e. The number of nitrogens with one attached hydrogen (secondary N) is 1. The average molecular weight is 560 g/mol. The van der Waals surface area contributed by atoms with Gasteiger partial charge in [0.25, 0.3) is 5.56 Å². The Labute approximate surface area is 260 Å². The predicted molar refractivity (Wildman–Crippen MR) is 161 cm³/mol. The number of nitrogens with zero attached hydrogens (tertiary/aromatic N) is 3. The molecule has 0 saturated carbocycles. The quantitative estimate of drug-likeness (QED) is 0.227. The summed E-state index contributed by atoms with van der Waals surface area (Å²) in [6.45, 7) is 6.64. The second-order valence-corrected chi connectivity index (χ2v) is 9.68. The maximum absolute atomic E-state index is 14.0. The molecule has 205 valence electrons. The Kier molecular flexibility index (Phi) is 10.2.